The van der Waals surface area contributed by atoms with E-state index in [0.717, 1.165) is 51.4 Å². The number of imidazole rings is 1. The van der Waals surface area contributed by atoms with Crippen molar-refractivity contribution in [3.05, 3.63) is 48.8 Å². The smallest absolute Gasteiger partial charge is 0.182 e. The summed E-state index contributed by atoms with van der Waals surface area (Å²) in [5.41, 5.74) is 3.84. The molecule has 0 aliphatic carbocycles. The van der Waals surface area contributed by atoms with Crippen molar-refractivity contribution in [1.82, 2.24) is 29.5 Å². The Kier molecular flexibility index (Phi) is 5.29. The minimum atomic E-state index is 0.395. The number of rotatable bonds is 5. The van der Waals surface area contributed by atoms with Gasteiger partial charge >= 0.3 is 0 Å². The molecular formula is C22H22N8O2S. The fourth-order valence-corrected chi connectivity index (χ4v) is 5.21. The van der Waals surface area contributed by atoms with Gasteiger partial charge in [-0.1, -0.05) is 17.8 Å². The maximum absolute atomic E-state index is 5.51. The largest absolute Gasteiger partial charge is 0.378 e. The van der Waals surface area contributed by atoms with Crippen LogP contribution >= 0.6 is 11.8 Å². The van der Waals surface area contributed by atoms with Crippen LogP contribution in [0.25, 0.3) is 11.2 Å². The number of hydrogen-bond donors (Lipinski definition) is 0. The van der Waals surface area contributed by atoms with Gasteiger partial charge < -0.3 is 18.9 Å². The number of nitrogens with zero attached hydrogens (tertiary/aromatic N) is 8. The molecule has 1 aromatic carbocycles. The van der Waals surface area contributed by atoms with Gasteiger partial charge in [0.15, 0.2) is 17.3 Å². The second-order valence-corrected chi connectivity index (χ2v) is 8.81. The molecular weight excluding hydrogens is 440 g/mol. The first kappa shape index (κ1) is 20.3. The zero-order valence-corrected chi connectivity index (χ0v) is 18.9. The third-order valence-electron chi connectivity index (χ3n) is 5.74. The molecule has 6 rings (SSSR count). The van der Waals surface area contributed by atoms with Crippen LogP contribution in [0, 0.1) is 0 Å². The molecule has 3 aromatic heterocycles. The number of benzene rings is 1. The van der Waals surface area contributed by atoms with Crippen molar-refractivity contribution in [2.24, 2.45) is 0 Å². The highest BCUT2D eigenvalue weighted by Gasteiger charge is 2.26. The average molecular weight is 463 g/mol. The van der Waals surface area contributed by atoms with E-state index in [1.165, 1.54) is 0 Å². The van der Waals surface area contributed by atoms with E-state index in [0.29, 0.717) is 32.1 Å². The Morgan fingerprint density at radius 1 is 1.03 bits per heavy atom. The van der Waals surface area contributed by atoms with Crippen molar-refractivity contribution in [2.45, 2.75) is 16.5 Å². The molecule has 0 unspecified atom stereocenters. The molecule has 168 valence electrons. The van der Waals surface area contributed by atoms with Crippen molar-refractivity contribution in [3.63, 3.8) is 0 Å². The lowest BCUT2D eigenvalue weighted by atomic mass is 10.1. The highest BCUT2D eigenvalue weighted by atomic mass is 32.2. The van der Waals surface area contributed by atoms with Crippen LogP contribution in [0.3, 0.4) is 0 Å². The Balaban J connectivity index is 1.37. The summed E-state index contributed by atoms with van der Waals surface area (Å²) in [6.07, 6.45) is 6.85. The lowest BCUT2D eigenvalue weighted by Gasteiger charge is -2.30. The highest BCUT2D eigenvalue weighted by Crippen LogP contribution is 2.46. The first-order valence-corrected chi connectivity index (χ1v) is 11.5. The van der Waals surface area contributed by atoms with Gasteiger partial charge in [0.25, 0.3) is 0 Å². The number of methoxy groups -OCH3 is 1. The standard InChI is InChI=1S/C22H22N8O2S/c1-31-14-30-16-10-15(2-3-17(16)33-22-21(30)23-4-5-24-22)11-29-13-27-19-18(29)20(26-12-25-19)28-6-8-32-9-7-28/h2-5,10,12-13H,6-9,11,14H2,1H3. The Morgan fingerprint density at radius 3 is 2.79 bits per heavy atom. The highest BCUT2D eigenvalue weighted by molar-refractivity contribution is 7.99. The number of aromatic nitrogens is 6. The van der Waals surface area contributed by atoms with Crippen LogP contribution < -0.4 is 9.80 Å². The molecule has 4 aromatic rings. The molecule has 0 atom stereocenters. The SMILES string of the molecule is COCN1c2cc(Cn3cnc4ncnc(N5CCOCC5)c43)ccc2Sc2nccnc21. The van der Waals surface area contributed by atoms with Gasteiger partial charge in [0.05, 0.1) is 25.2 Å². The summed E-state index contributed by atoms with van der Waals surface area (Å²) in [4.78, 5) is 28.0. The van der Waals surface area contributed by atoms with Gasteiger partial charge in [-0.05, 0) is 17.7 Å². The lowest BCUT2D eigenvalue weighted by molar-refractivity contribution is 0.122. The molecule has 11 heteroatoms. The molecule has 0 radical (unpaired) electrons. The first-order chi connectivity index (χ1) is 16.3. The second-order valence-electron chi connectivity index (χ2n) is 7.78. The average Bonchev–Trinajstić information content (AvgIpc) is 3.28. The summed E-state index contributed by atoms with van der Waals surface area (Å²) >= 11 is 1.62. The molecule has 0 bridgehead atoms. The van der Waals surface area contributed by atoms with Crippen molar-refractivity contribution in [3.8, 4) is 0 Å². The zero-order chi connectivity index (χ0) is 22.2. The van der Waals surface area contributed by atoms with Gasteiger partial charge in [0.1, 0.15) is 23.6 Å². The van der Waals surface area contributed by atoms with Crippen LogP contribution in [0.4, 0.5) is 17.3 Å². The van der Waals surface area contributed by atoms with Crippen LogP contribution in [-0.4, -0.2) is 69.6 Å². The fourth-order valence-electron chi connectivity index (χ4n) is 4.23. The lowest BCUT2D eigenvalue weighted by Crippen LogP contribution is -2.37. The van der Waals surface area contributed by atoms with Gasteiger partial charge in [-0.25, -0.2) is 24.9 Å². The molecule has 2 aliphatic rings. The summed E-state index contributed by atoms with van der Waals surface area (Å²) < 4.78 is 13.1. The minimum Gasteiger partial charge on any atom is -0.378 e. The number of hydrogen-bond acceptors (Lipinski definition) is 10. The van der Waals surface area contributed by atoms with Crippen molar-refractivity contribution >= 4 is 40.2 Å². The van der Waals surface area contributed by atoms with Gasteiger partial charge in [0.2, 0.25) is 0 Å². The van der Waals surface area contributed by atoms with E-state index in [-0.39, 0.29) is 0 Å². The third kappa shape index (κ3) is 3.67. The van der Waals surface area contributed by atoms with Crippen LogP contribution in [0.1, 0.15) is 5.56 Å². The molecule has 1 saturated heterocycles. The Hall–Kier alpha value is -3.28. The predicted octanol–water partition coefficient (Wildman–Crippen LogP) is 2.71. The van der Waals surface area contributed by atoms with Gasteiger partial charge in [-0.3, -0.25) is 4.90 Å². The topological polar surface area (TPSA) is 94.3 Å². The zero-order valence-electron chi connectivity index (χ0n) is 18.1. The molecule has 10 nitrogen and oxygen atoms in total. The van der Waals surface area contributed by atoms with Crippen LogP contribution in [0.5, 0.6) is 0 Å². The minimum absolute atomic E-state index is 0.395. The molecule has 2 aliphatic heterocycles. The van der Waals surface area contributed by atoms with Crippen molar-refractivity contribution in [2.75, 3.05) is 49.9 Å². The van der Waals surface area contributed by atoms with Crippen LogP contribution in [-0.2, 0) is 16.0 Å². The van der Waals surface area contributed by atoms with Crippen molar-refractivity contribution in [1.29, 1.82) is 0 Å². The summed E-state index contributed by atoms with van der Waals surface area (Å²) in [7, 11) is 1.69. The molecule has 0 saturated carbocycles. The van der Waals surface area contributed by atoms with E-state index in [1.807, 2.05) is 6.33 Å². The van der Waals surface area contributed by atoms with Crippen molar-refractivity contribution < 1.29 is 9.47 Å². The number of anilines is 3. The molecule has 0 N–H and O–H groups in total. The maximum atomic E-state index is 5.51. The molecule has 1 fully saturated rings. The van der Waals surface area contributed by atoms with E-state index in [9.17, 15) is 0 Å². The number of ether oxygens (including phenoxy) is 2. The van der Waals surface area contributed by atoms with E-state index < -0.39 is 0 Å². The summed E-state index contributed by atoms with van der Waals surface area (Å²) in [6.45, 7) is 4.04. The van der Waals surface area contributed by atoms with E-state index in [1.54, 1.807) is 37.6 Å². The Labute approximate surface area is 194 Å². The predicted molar refractivity (Wildman–Crippen MR) is 124 cm³/mol. The first-order valence-electron chi connectivity index (χ1n) is 10.7. The van der Waals surface area contributed by atoms with E-state index in [4.69, 9.17) is 9.47 Å². The van der Waals surface area contributed by atoms with Crippen LogP contribution in [0.2, 0.25) is 0 Å². The maximum Gasteiger partial charge on any atom is 0.182 e. The number of morpholine rings is 1. The second kappa shape index (κ2) is 8.58. The monoisotopic (exact) mass is 462 g/mol. The Morgan fingerprint density at radius 2 is 1.91 bits per heavy atom. The normalized spacial score (nSPS) is 15.5. The molecule has 33 heavy (non-hydrogen) atoms. The molecule has 0 spiro atoms. The van der Waals surface area contributed by atoms with E-state index >= 15 is 0 Å². The summed E-state index contributed by atoms with van der Waals surface area (Å²) in [5.74, 6) is 1.71. The fraction of sp³-hybridized carbons (Fsp3) is 0.318. The number of fused-ring (bicyclic) bond motifs is 3. The van der Waals surface area contributed by atoms with Gasteiger partial charge in [-0.2, -0.15) is 0 Å². The third-order valence-corrected chi connectivity index (χ3v) is 6.78. The van der Waals surface area contributed by atoms with Gasteiger partial charge in [-0.15, -0.1) is 0 Å². The van der Waals surface area contributed by atoms with E-state index in [2.05, 4.69) is 57.5 Å². The Bertz CT molecular complexity index is 1310. The van der Waals surface area contributed by atoms with Crippen LogP contribution in [0.15, 0.2) is 53.2 Å². The summed E-state index contributed by atoms with van der Waals surface area (Å²) in [5, 5.41) is 0.878. The summed E-state index contributed by atoms with van der Waals surface area (Å²) in [6, 6.07) is 6.46. The quantitative estimate of drug-likeness (QED) is 0.441. The molecule has 5 heterocycles. The van der Waals surface area contributed by atoms with Gasteiger partial charge in [0, 0.05) is 44.0 Å². The molecule has 0 amide bonds.